The monoisotopic (exact) mass is 532 g/mol. The number of nitrogens with two attached hydrogens (primary N) is 1. The summed E-state index contributed by atoms with van der Waals surface area (Å²) >= 11 is 5.85. The van der Waals surface area contributed by atoms with E-state index >= 15 is 0 Å². The Morgan fingerprint density at radius 3 is 2.24 bits per heavy atom. The molecule has 1 aromatic rings. The minimum absolute atomic E-state index is 0.0216. The van der Waals surface area contributed by atoms with Crippen LogP contribution in [0.3, 0.4) is 0 Å². The second-order valence-corrected chi connectivity index (χ2v) is 10.1. The number of anilines is 1. The number of nitrogens with zero attached hydrogens (tertiary/aromatic N) is 4. The number of nitrogens with one attached hydrogen (secondary N) is 1. The first kappa shape index (κ1) is 26.3. The number of hydrogen-bond acceptors (Lipinski definition) is 12. The highest BCUT2D eigenvalue weighted by atomic mass is 35.5. The van der Waals surface area contributed by atoms with Gasteiger partial charge in [0, 0.05) is 13.1 Å². The average molecular weight is 533 g/mol. The summed E-state index contributed by atoms with van der Waals surface area (Å²) in [6, 6.07) is 1.81. The zero-order chi connectivity index (χ0) is 25.0. The van der Waals surface area contributed by atoms with Crippen molar-refractivity contribution >= 4 is 43.2 Å². The van der Waals surface area contributed by atoms with Crippen molar-refractivity contribution in [2.24, 2.45) is 5.14 Å². The van der Waals surface area contributed by atoms with Crippen LogP contribution >= 0.6 is 11.6 Å². The quantitative estimate of drug-likeness (QED) is 0.247. The number of halogens is 1. The Hall–Kier alpha value is -3.00. The van der Waals surface area contributed by atoms with Gasteiger partial charge in [0.1, 0.15) is 23.0 Å². The van der Waals surface area contributed by atoms with Crippen LogP contribution in [0.1, 0.15) is 0 Å². The Labute approximate surface area is 191 Å². The third kappa shape index (κ3) is 6.74. The second-order valence-electron chi connectivity index (χ2n) is 6.27. The molecule has 0 unspecified atom stereocenters. The molecule has 0 saturated carbocycles. The maximum absolute atomic E-state index is 13.0. The molecule has 0 aliphatic carbocycles. The van der Waals surface area contributed by atoms with Crippen molar-refractivity contribution in [1.82, 2.24) is 9.21 Å². The van der Waals surface area contributed by atoms with Gasteiger partial charge in [0.15, 0.2) is 0 Å². The van der Waals surface area contributed by atoms with E-state index in [1.165, 1.54) is 0 Å². The van der Waals surface area contributed by atoms with Crippen LogP contribution in [0.25, 0.3) is 0 Å². The summed E-state index contributed by atoms with van der Waals surface area (Å²) in [5, 5.41) is 25.8. The van der Waals surface area contributed by atoms with Crippen LogP contribution in [0.5, 0.6) is 0 Å². The Kier molecular flexibility index (Phi) is 8.19. The SMILES string of the molecule is NS(=O)(=O)c1cc2c(cc1Cl)NCN(CC(=O)N(CCO[N+](=O)[O-])CCO[N+](=O)[O-])S2(=O)=O. The van der Waals surface area contributed by atoms with Gasteiger partial charge in [-0.15, -0.1) is 20.2 Å². The van der Waals surface area contributed by atoms with Gasteiger partial charge in [-0.25, -0.2) is 22.0 Å². The number of rotatable bonds is 11. The van der Waals surface area contributed by atoms with Crippen LogP contribution in [0.4, 0.5) is 5.69 Å². The zero-order valence-corrected chi connectivity index (χ0v) is 18.8. The summed E-state index contributed by atoms with van der Waals surface area (Å²) in [6.07, 6.45) is 0. The number of amides is 1. The molecule has 3 N–H and O–H groups in total. The summed E-state index contributed by atoms with van der Waals surface area (Å²) in [7, 11) is -8.77. The Bertz CT molecular complexity index is 1140. The number of fused-ring (bicyclic) bond motifs is 1. The van der Waals surface area contributed by atoms with Gasteiger partial charge in [0.05, 0.1) is 23.9 Å². The molecular formula is C13H17ClN6O11S2. The number of hydrogen-bond donors (Lipinski definition) is 2. The lowest BCUT2D eigenvalue weighted by atomic mass is 10.3. The Morgan fingerprint density at radius 2 is 1.76 bits per heavy atom. The Morgan fingerprint density at radius 1 is 1.21 bits per heavy atom. The van der Waals surface area contributed by atoms with E-state index in [0.717, 1.165) is 17.0 Å². The van der Waals surface area contributed by atoms with Crippen molar-refractivity contribution in [3.63, 3.8) is 0 Å². The molecule has 0 radical (unpaired) electrons. The molecule has 33 heavy (non-hydrogen) atoms. The number of sulfonamides is 2. The predicted molar refractivity (Wildman–Crippen MR) is 108 cm³/mol. The van der Waals surface area contributed by atoms with E-state index in [1.807, 2.05) is 0 Å². The average Bonchev–Trinajstić information content (AvgIpc) is 2.67. The minimum Gasteiger partial charge on any atom is -0.370 e. The van der Waals surface area contributed by atoms with E-state index in [-0.39, 0.29) is 10.7 Å². The number of benzene rings is 1. The standard InChI is InChI=1S/C13H17ClN6O11S2/c14-9-5-10-12(6-11(9)32(15,26)27)33(28,29)18(8-16-10)7-13(21)17(1-3-30-19(22)23)2-4-31-20(24)25/h5-6,16H,1-4,7-8H2,(H2,15,26,27). The Balaban J connectivity index is 2.24. The summed E-state index contributed by atoms with van der Waals surface area (Å²) < 4.78 is 50.0. The van der Waals surface area contributed by atoms with Crippen molar-refractivity contribution < 1.29 is 41.5 Å². The first-order valence-corrected chi connectivity index (χ1v) is 12.0. The van der Waals surface area contributed by atoms with Crippen molar-refractivity contribution in [1.29, 1.82) is 0 Å². The fourth-order valence-electron chi connectivity index (χ4n) is 2.71. The molecule has 0 bridgehead atoms. The van der Waals surface area contributed by atoms with Crippen molar-refractivity contribution in [2.45, 2.75) is 9.79 Å². The van der Waals surface area contributed by atoms with Crippen molar-refractivity contribution in [3.8, 4) is 0 Å². The first-order chi connectivity index (χ1) is 15.2. The molecule has 1 aromatic carbocycles. The van der Waals surface area contributed by atoms with E-state index in [0.29, 0.717) is 4.31 Å². The van der Waals surface area contributed by atoms with Crippen molar-refractivity contribution in [2.75, 3.05) is 44.8 Å². The van der Waals surface area contributed by atoms with E-state index in [9.17, 15) is 41.9 Å². The normalized spacial score (nSPS) is 15.1. The topological polar surface area (TPSA) is 235 Å². The smallest absolute Gasteiger partial charge is 0.294 e. The van der Waals surface area contributed by atoms with Crippen LogP contribution in [0.2, 0.25) is 5.02 Å². The van der Waals surface area contributed by atoms with Gasteiger partial charge < -0.3 is 19.9 Å². The predicted octanol–water partition coefficient (Wildman–Crippen LogP) is -1.39. The van der Waals surface area contributed by atoms with Crippen LogP contribution in [-0.4, -0.2) is 81.6 Å². The van der Waals surface area contributed by atoms with Gasteiger partial charge in [0.25, 0.3) is 10.2 Å². The third-order valence-electron chi connectivity index (χ3n) is 4.18. The third-order valence-corrected chi connectivity index (χ3v) is 7.39. The lowest BCUT2D eigenvalue weighted by Gasteiger charge is -2.31. The molecular weight excluding hydrogens is 516 g/mol. The largest absolute Gasteiger partial charge is 0.370 e. The fourth-order valence-corrected chi connectivity index (χ4v) is 5.35. The van der Waals surface area contributed by atoms with Gasteiger partial charge in [-0.05, 0) is 12.1 Å². The molecule has 0 aromatic heterocycles. The highest BCUT2D eigenvalue weighted by molar-refractivity contribution is 7.90. The lowest BCUT2D eigenvalue weighted by Crippen LogP contribution is -2.48. The summed E-state index contributed by atoms with van der Waals surface area (Å²) in [4.78, 5) is 41.2. The van der Waals surface area contributed by atoms with E-state index in [1.54, 1.807) is 0 Å². The first-order valence-electron chi connectivity index (χ1n) is 8.66. The molecule has 20 heteroatoms. The van der Waals surface area contributed by atoms with E-state index < -0.39 is 85.4 Å². The molecule has 17 nitrogen and oxygen atoms in total. The van der Waals surface area contributed by atoms with Crippen LogP contribution in [0.15, 0.2) is 21.9 Å². The van der Waals surface area contributed by atoms with Gasteiger partial charge >= 0.3 is 0 Å². The number of carbonyl (C=O) groups is 1. The van der Waals surface area contributed by atoms with Gasteiger partial charge in [-0.1, -0.05) is 11.6 Å². The zero-order valence-electron chi connectivity index (χ0n) is 16.4. The molecule has 0 atom stereocenters. The molecule has 0 saturated heterocycles. The van der Waals surface area contributed by atoms with Crippen molar-refractivity contribution in [3.05, 3.63) is 37.4 Å². The second kappa shape index (κ2) is 10.3. The lowest BCUT2D eigenvalue weighted by molar-refractivity contribution is -0.758. The maximum atomic E-state index is 13.0. The van der Waals surface area contributed by atoms with Crippen LogP contribution < -0.4 is 10.5 Å². The molecule has 184 valence electrons. The molecule has 1 aliphatic rings. The fraction of sp³-hybridized carbons (Fsp3) is 0.462. The molecule has 0 fully saturated rings. The highest BCUT2D eigenvalue weighted by Gasteiger charge is 2.35. The molecule has 2 rings (SSSR count). The van der Waals surface area contributed by atoms with Gasteiger partial charge in [0.2, 0.25) is 26.0 Å². The van der Waals surface area contributed by atoms with E-state index in [4.69, 9.17) is 16.7 Å². The van der Waals surface area contributed by atoms with Crippen LogP contribution in [0, 0.1) is 20.2 Å². The summed E-state index contributed by atoms with van der Waals surface area (Å²) in [5.74, 6) is -0.886. The van der Waals surface area contributed by atoms with Gasteiger partial charge in [-0.3, -0.25) is 4.79 Å². The highest BCUT2D eigenvalue weighted by Crippen LogP contribution is 2.35. The number of carbonyl (C=O) groups excluding carboxylic acids is 1. The summed E-state index contributed by atoms with van der Waals surface area (Å²) in [6.45, 7) is -3.16. The molecule has 1 heterocycles. The van der Waals surface area contributed by atoms with E-state index in [2.05, 4.69) is 15.0 Å². The summed E-state index contributed by atoms with van der Waals surface area (Å²) in [5.41, 5.74) is -0.0216. The molecule has 0 spiro atoms. The minimum atomic E-state index is -4.41. The number of primary sulfonamides is 1. The van der Waals surface area contributed by atoms with Crippen LogP contribution in [-0.2, 0) is 34.5 Å². The van der Waals surface area contributed by atoms with Gasteiger partial charge in [-0.2, -0.15) is 4.31 Å². The maximum Gasteiger partial charge on any atom is 0.294 e. The molecule has 1 aliphatic heterocycles. The molecule has 1 amide bonds.